The van der Waals surface area contributed by atoms with E-state index in [1.54, 1.807) is 23.6 Å². The SMILES string of the molecule is Cc1cc(C(=O)Cc2csc3ccccc23)ccn1. The van der Waals surface area contributed by atoms with Crippen molar-refractivity contribution in [3.63, 3.8) is 0 Å². The minimum Gasteiger partial charge on any atom is -0.294 e. The maximum Gasteiger partial charge on any atom is 0.167 e. The van der Waals surface area contributed by atoms with Crippen molar-refractivity contribution >= 4 is 27.2 Å². The molecule has 0 bridgehead atoms. The molecule has 0 saturated carbocycles. The molecule has 0 fully saturated rings. The Balaban J connectivity index is 1.91. The minimum atomic E-state index is 0.147. The number of pyridine rings is 1. The first-order valence-corrected chi connectivity index (χ1v) is 7.03. The molecule has 3 aromatic rings. The Bertz CT molecular complexity index is 745. The van der Waals surface area contributed by atoms with E-state index in [1.165, 1.54) is 10.1 Å². The second-order valence-corrected chi connectivity index (χ2v) is 5.45. The number of aryl methyl sites for hydroxylation is 1. The summed E-state index contributed by atoms with van der Waals surface area (Å²) in [6, 6.07) is 11.8. The number of rotatable bonds is 3. The summed E-state index contributed by atoms with van der Waals surface area (Å²) in [4.78, 5) is 16.4. The molecule has 2 heterocycles. The van der Waals surface area contributed by atoms with Gasteiger partial charge < -0.3 is 0 Å². The van der Waals surface area contributed by atoms with Crippen LogP contribution in [0.15, 0.2) is 48.0 Å². The third-order valence-electron chi connectivity index (χ3n) is 3.13. The van der Waals surface area contributed by atoms with E-state index >= 15 is 0 Å². The number of hydrogen-bond donors (Lipinski definition) is 0. The molecule has 3 heteroatoms. The molecule has 0 radical (unpaired) electrons. The van der Waals surface area contributed by atoms with Crippen LogP contribution in [0.2, 0.25) is 0 Å². The van der Waals surface area contributed by atoms with E-state index in [4.69, 9.17) is 0 Å². The quantitative estimate of drug-likeness (QED) is 0.671. The van der Waals surface area contributed by atoms with E-state index in [0.717, 1.165) is 16.8 Å². The highest BCUT2D eigenvalue weighted by Gasteiger charge is 2.11. The smallest absolute Gasteiger partial charge is 0.167 e. The Kier molecular flexibility index (Phi) is 3.13. The van der Waals surface area contributed by atoms with Crippen molar-refractivity contribution in [3.8, 4) is 0 Å². The fraction of sp³-hybridized carbons (Fsp3) is 0.125. The van der Waals surface area contributed by atoms with Gasteiger partial charge in [0, 0.05) is 28.6 Å². The summed E-state index contributed by atoms with van der Waals surface area (Å²) in [5.41, 5.74) is 2.73. The Morgan fingerprint density at radius 2 is 2.11 bits per heavy atom. The summed E-state index contributed by atoms with van der Waals surface area (Å²) >= 11 is 1.69. The van der Waals surface area contributed by atoms with Crippen LogP contribution in [0.3, 0.4) is 0 Å². The molecule has 19 heavy (non-hydrogen) atoms. The highest BCUT2D eigenvalue weighted by atomic mass is 32.1. The molecule has 0 N–H and O–H groups in total. The zero-order valence-corrected chi connectivity index (χ0v) is 11.4. The molecule has 2 aromatic heterocycles. The highest BCUT2D eigenvalue weighted by molar-refractivity contribution is 7.17. The number of Topliss-reactive ketones (excluding diaryl/α,β-unsaturated/α-hetero) is 1. The number of carbonyl (C=O) groups excluding carboxylic acids is 1. The maximum atomic E-state index is 12.3. The van der Waals surface area contributed by atoms with E-state index in [9.17, 15) is 4.79 Å². The van der Waals surface area contributed by atoms with Gasteiger partial charge >= 0.3 is 0 Å². The van der Waals surface area contributed by atoms with E-state index in [0.29, 0.717) is 6.42 Å². The first kappa shape index (κ1) is 12.1. The molecule has 0 unspecified atom stereocenters. The minimum absolute atomic E-state index is 0.147. The zero-order valence-electron chi connectivity index (χ0n) is 10.6. The molecule has 0 amide bonds. The molecule has 94 valence electrons. The first-order chi connectivity index (χ1) is 9.24. The van der Waals surface area contributed by atoms with Crippen LogP contribution in [0.5, 0.6) is 0 Å². The number of nitrogens with zero attached hydrogens (tertiary/aromatic N) is 1. The predicted molar refractivity (Wildman–Crippen MR) is 78.8 cm³/mol. The molecule has 0 atom stereocenters. The van der Waals surface area contributed by atoms with Crippen LogP contribution in [0, 0.1) is 6.92 Å². The number of hydrogen-bond acceptors (Lipinski definition) is 3. The van der Waals surface area contributed by atoms with Gasteiger partial charge in [-0.05, 0) is 41.5 Å². The lowest BCUT2D eigenvalue weighted by Crippen LogP contribution is -2.03. The number of fused-ring (bicyclic) bond motifs is 1. The van der Waals surface area contributed by atoms with Crippen LogP contribution in [0.4, 0.5) is 0 Å². The highest BCUT2D eigenvalue weighted by Crippen LogP contribution is 2.26. The standard InChI is InChI=1S/C16H13NOS/c1-11-8-12(6-7-17-11)15(18)9-13-10-19-16-5-3-2-4-14(13)16/h2-8,10H,9H2,1H3. The normalized spacial score (nSPS) is 10.8. The summed E-state index contributed by atoms with van der Waals surface area (Å²) < 4.78 is 1.23. The molecular weight excluding hydrogens is 254 g/mol. The third-order valence-corrected chi connectivity index (χ3v) is 4.14. The molecule has 2 nitrogen and oxygen atoms in total. The van der Waals surface area contributed by atoms with E-state index < -0.39 is 0 Å². The molecule has 0 aliphatic carbocycles. The molecular formula is C16H13NOS. The van der Waals surface area contributed by atoms with Gasteiger partial charge in [-0.2, -0.15) is 0 Å². The summed E-state index contributed by atoms with van der Waals surface area (Å²) in [6.45, 7) is 1.90. The lowest BCUT2D eigenvalue weighted by atomic mass is 10.0. The van der Waals surface area contributed by atoms with E-state index in [-0.39, 0.29) is 5.78 Å². The van der Waals surface area contributed by atoms with Crippen LogP contribution in [-0.2, 0) is 6.42 Å². The number of ketones is 1. The van der Waals surface area contributed by atoms with Crippen molar-refractivity contribution < 1.29 is 4.79 Å². The van der Waals surface area contributed by atoms with Crippen molar-refractivity contribution in [1.29, 1.82) is 0 Å². The Morgan fingerprint density at radius 1 is 1.26 bits per heavy atom. The van der Waals surface area contributed by atoms with Crippen LogP contribution in [-0.4, -0.2) is 10.8 Å². The Hall–Kier alpha value is -2.00. The van der Waals surface area contributed by atoms with Gasteiger partial charge in [0.1, 0.15) is 0 Å². The van der Waals surface area contributed by atoms with Gasteiger partial charge in [-0.3, -0.25) is 9.78 Å². The van der Waals surface area contributed by atoms with Crippen molar-refractivity contribution in [2.24, 2.45) is 0 Å². The molecule has 1 aromatic carbocycles. The molecule has 0 saturated heterocycles. The van der Waals surface area contributed by atoms with E-state index in [2.05, 4.69) is 22.5 Å². The van der Waals surface area contributed by atoms with Gasteiger partial charge in [0.25, 0.3) is 0 Å². The summed E-state index contributed by atoms with van der Waals surface area (Å²) in [5, 5.41) is 3.27. The van der Waals surface area contributed by atoms with Gasteiger partial charge in [-0.15, -0.1) is 11.3 Å². The van der Waals surface area contributed by atoms with Crippen molar-refractivity contribution in [2.75, 3.05) is 0 Å². The third kappa shape index (κ3) is 2.42. The number of aromatic nitrogens is 1. The largest absolute Gasteiger partial charge is 0.294 e. The molecule has 0 spiro atoms. The topological polar surface area (TPSA) is 30.0 Å². The number of carbonyl (C=O) groups is 1. The van der Waals surface area contributed by atoms with Gasteiger partial charge in [0.15, 0.2) is 5.78 Å². The first-order valence-electron chi connectivity index (χ1n) is 6.15. The van der Waals surface area contributed by atoms with Gasteiger partial charge in [0.2, 0.25) is 0 Å². The Labute approximate surface area is 115 Å². The number of benzene rings is 1. The number of thiophene rings is 1. The average molecular weight is 267 g/mol. The van der Waals surface area contributed by atoms with Gasteiger partial charge in [-0.1, -0.05) is 18.2 Å². The second kappa shape index (κ2) is 4.94. The fourth-order valence-corrected chi connectivity index (χ4v) is 3.13. The van der Waals surface area contributed by atoms with Crippen LogP contribution in [0.25, 0.3) is 10.1 Å². The monoisotopic (exact) mass is 267 g/mol. The van der Waals surface area contributed by atoms with Crippen molar-refractivity contribution in [2.45, 2.75) is 13.3 Å². The molecule has 0 aliphatic rings. The van der Waals surface area contributed by atoms with Crippen molar-refractivity contribution in [3.05, 3.63) is 64.8 Å². The molecule has 0 aliphatic heterocycles. The van der Waals surface area contributed by atoms with Crippen molar-refractivity contribution in [1.82, 2.24) is 4.98 Å². The summed E-state index contributed by atoms with van der Waals surface area (Å²) in [7, 11) is 0. The predicted octanol–water partition coefficient (Wildman–Crippen LogP) is 4.03. The lowest BCUT2D eigenvalue weighted by Gasteiger charge is -2.01. The van der Waals surface area contributed by atoms with Crippen LogP contribution in [0.1, 0.15) is 21.6 Å². The Morgan fingerprint density at radius 3 is 2.95 bits per heavy atom. The van der Waals surface area contributed by atoms with Crippen LogP contribution < -0.4 is 0 Å². The average Bonchev–Trinajstić information content (AvgIpc) is 2.82. The molecule has 3 rings (SSSR count). The maximum absolute atomic E-state index is 12.3. The van der Waals surface area contributed by atoms with Gasteiger partial charge in [-0.25, -0.2) is 0 Å². The van der Waals surface area contributed by atoms with Crippen LogP contribution >= 0.6 is 11.3 Å². The summed E-state index contributed by atoms with van der Waals surface area (Å²) in [6.07, 6.45) is 2.14. The fourth-order valence-electron chi connectivity index (χ4n) is 2.16. The van der Waals surface area contributed by atoms with Gasteiger partial charge in [0.05, 0.1) is 0 Å². The second-order valence-electron chi connectivity index (χ2n) is 4.54. The summed E-state index contributed by atoms with van der Waals surface area (Å²) in [5.74, 6) is 0.147. The zero-order chi connectivity index (χ0) is 13.2. The van der Waals surface area contributed by atoms with E-state index in [1.807, 2.05) is 25.1 Å². The lowest BCUT2D eigenvalue weighted by molar-refractivity contribution is 0.0993.